The Morgan fingerprint density at radius 3 is 2.28 bits per heavy atom. The molecule has 0 radical (unpaired) electrons. The molecule has 0 bridgehead atoms. The molecule has 3 rings (SSSR count). The number of rotatable bonds is 3. The predicted octanol–water partition coefficient (Wildman–Crippen LogP) is 3.40. The van der Waals surface area contributed by atoms with E-state index in [0.717, 1.165) is 56.4 Å². The highest BCUT2D eigenvalue weighted by atomic mass is 16.2. The van der Waals surface area contributed by atoms with E-state index in [1.54, 1.807) is 0 Å². The van der Waals surface area contributed by atoms with Crippen molar-refractivity contribution >= 4 is 11.9 Å². The zero-order chi connectivity index (χ0) is 17.9. The molecule has 1 aromatic rings. The Labute approximate surface area is 150 Å². The van der Waals surface area contributed by atoms with Crippen LogP contribution < -0.4 is 5.32 Å². The quantitative estimate of drug-likeness (QED) is 0.914. The highest BCUT2D eigenvalue weighted by molar-refractivity contribution is 5.94. The molecule has 0 saturated carbocycles. The maximum absolute atomic E-state index is 12.5. The van der Waals surface area contributed by atoms with E-state index in [-0.39, 0.29) is 17.5 Å². The van der Waals surface area contributed by atoms with Crippen molar-refractivity contribution in [3.63, 3.8) is 0 Å². The zero-order valence-electron chi connectivity index (χ0n) is 15.4. The van der Waals surface area contributed by atoms with E-state index in [4.69, 9.17) is 0 Å². The Morgan fingerprint density at radius 1 is 1.00 bits per heavy atom. The van der Waals surface area contributed by atoms with Gasteiger partial charge in [0.05, 0.1) is 0 Å². The van der Waals surface area contributed by atoms with Gasteiger partial charge in [-0.25, -0.2) is 4.79 Å². The molecule has 3 amide bonds. The number of piperidine rings is 1. The summed E-state index contributed by atoms with van der Waals surface area (Å²) in [5.74, 6) is 0.120. The lowest BCUT2D eigenvalue weighted by Crippen LogP contribution is -2.47. The molecule has 0 aliphatic carbocycles. The summed E-state index contributed by atoms with van der Waals surface area (Å²) in [5, 5.41) is 3.00. The van der Waals surface area contributed by atoms with Crippen molar-refractivity contribution in [2.24, 2.45) is 0 Å². The number of benzene rings is 1. The van der Waals surface area contributed by atoms with Gasteiger partial charge < -0.3 is 15.1 Å². The summed E-state index contributed by atoms with van der Waals surface area (Å²) in [6, 6.07) is 7.62. The fraction of sp³-hybridized carbons (Fsp3) is 0.600. The van der Waals surface area contributed by atoms with Crippen molar-refractivity contribution in [1.82, 2.24) is 15.1 Å². The molecule has 5 nitrogen and oxygen atoms in total. The van der Waals surface area contributed by atoms with Crippen molar-refractivity contribution in [2.75, 3.05) is 19.6 Å². The van der Waals surface area contributed by atoms with Crippen LogP contribution in [-0.4, -0.2) is 46.9 Å². The van der Waals surface area contributed by atoms with Crippen LogP contribution in [0.25, 0.3) is 0 Å². The van der Waals surface area contributed by atoms with Gasteiger partial charge in [0, 0.05) is 37.3 Å². The van der Waals surface area contributed by atoms with Gasteiger partial charge in [-0.2, -0.15) is 0 Å². The van der Waals surface area contributed by atoms with Gasteiger partial charge in [-0.05, 0) is 63.6 Å². The van der Waals surface area contributed by atoms with Crippen LogP contribution in [0.2, 0.25) is 0 Å². The van der Waals surface area contributed by atoms with Crippen LogP contribution in [0.1, 0.15) is 61.9 Å². The number of carbonyl (C=O) groups excluding carboxylic acids is 2. The topological polar surface area (TPSA) is 52.7 Å². The summed E-state index contributed by atoms with van der Waals surface area (Å²) >= 11 is 0. The first-order valence-electron chi connectivity index (χ1n) is 9.41. The smallest absolute Gasteiger partial charge is 0.318 e. The molecule has 2 aliphatic rings. The van der Waals surface area contributed by atoms with E-state index in [2.05, 4.69) is 19.2 Å². The van der Waals surface area contributed by atoms with Crippen LogP contribution in [0.5, 0.6) is 0 Å². The molecule has 2 saturated heterocycles. The number of likely N-dealkylation sites (tertiary alicyclic amines) is 2. The number of hydrogen-bond donors (Lipinski definition) is 1. The summed E-state index contributed by atoms with van der Waals surface area (Å²) in [5.41, 5.74) is 1.69. The van der Waals surface area contributed by atoms with Gasteiger partial charge in [0.15, 0.2) is 0 Å². The standard InChI is InChI=1S/C20H29N3O2/c1-20(2)11-6-14-23(20)19(25)21-15-16-7-9-17(10-8-16)18(24)22-12-4-3-5-13-22/h7-10H,3-6,11-15H2,1-2H3,(H,21,25). The summed E-state index contributed by atoms with van der Waals surface area (Å²) in [6.07, 6.45) is 5.53. The van der Waals surface area contributed by atoms with E-state index in [9.17, 15) is 9.59 Å². The molecule has 1 N–H and O–H groups in total. The largest absolute Gasteiger partial charge is 0.339 e. The molecule has 0 unspecified atom stereocenters. The molecule has 0 atom stereocenters. The molecular weight excluding hydrogens is 314 g/mol. The molecule has 2 fully saturated rings. The van der Waals surface area contributed by atoms with Crippen molar-refractivity contribution in [1.29, 1.82) is 0 Å². The van der Waals surface area contributed by atoms with Gasteiger partial charge in [0.25, 0.3) is 5.91 Å². The molecule has 5 heteroatoms. The fourth-order valence-corrected chi connectivity index (χ4v) is 3.80. The number of nitrogens with one attached hydrogen (secondary N) is 1. The van der Waals surface area contributed by atoms with E-state index in [1.807, 2.05) is 34.1 Å². The fourth-order valence-electron chi connectivity index (χ4n) is 3.80. The van der Waals surface area contributed by atoms with Crippen LogP contribution in [-0.2, 0) is 6.54 Å². The highest BCUT2D eigenvalue weighted by Crippen LogP contribution is 2.27. The van der Waals surface area contributed by atoms with Gasteiger partial charge in [-0.1, -0.05) is 12.1 Å². The van der Waals surface area contributed by atoms with Gasteiger partial charge >= 0.3 is 6.03 Å². The molecular formula is C20H29N3O2. The molecule has 0 aromatic heterocycles. The lowest BCUT2D eigenvalue weighted by Gasteiger charge is -2.31. The highest BCUT2D eigenvalue weighted by Gasteiger charge is 2.35. The predicted molar refractivity (Wildman–Crippen MR) is 98.5 cm³/mol. The van der Waals surface area contributed by atoms with E-state index >= 15 is 0 Å². The van der Waals surface area contributed by atoms with Gasteiger partial charge in [0.2, 0.25) is 0 Å². The van der Waals surface area contributed by atoms with Crippen LogP contribution in [0.4, 0.5) is 4.79 Å². The first-order valence-corrected chi connectivity index (χ1v) is 9.41. The lowest BCUT2D eigenvalue weighted by atomic mass is 10.0. The maximum atomic E-state index is 12.5. The van der Waals surface area contributed by atoms with E-state index < -0.39 is 0 Å². The van der Waals surface area contributed by atoms with Gasteiger partial charge in [-0.15, -0.1) is 0 Å². The second-order valence-corrected chi connectivity index (χ2v) is 7.78. The molecule has 136 valence electrons. The van der Waals surface area contributed by atoms with Crippen molar-refractivity contribution in [3.8, 4) is 0 Å². The summed E-state index contributed by atoms with van der Waals surface area (Å²) in [7, 11) is 0. The number of carbonyl (C=O) groups is 2. The van der Waals surface area contributed by atoms with Crippen molar-refractivity contribution in [3.05, 3.63) is 35.4 Å². The number of hydrogen-bond acceptors (Lipinski definition) is 2. The van der Waals surface area contributed by atoms with Gasteiger partial charge in [0.1, 0.15) is 0 Å². The van der Waals surface area contributed by atoms with Crippen LogP contribution >= 0.6 is 0 Å². The minimum absolute atomic E-state index is 0.00373. The van der Waals surface area contributed by atoms with E-state index in [1.165, 1.54) is 6.42 Å². The van der Waals surface area contributed by atoms with Crippen LogP contribution in [0.3, 0.4) is 0 Å². The van der Waals surface area contributed by atoms with Gasteiger partial charge in [-0.3, -0.25) is 4.79 Å². The summed E-state index contributed by atoms with van der Waals surface area (Å²) < 4.78 is 0. The van der Waals surface area contributed by atoms with E-state index in [0.29, 0.717) is 6.54 Å². The average molecular weight is 343 g/mol. The average Bonchev–Trinajstić information content (AvgIpc) is 2.99. The Hall–Kier alpha value is -2.04. The Kier molecular flexibility index (Phi) is 5.30. The summed E-state index contributed by atoms with van der Waals surface area (Å²) in [4.78, 5) is 28.7. The third-order valence-corrected chi connectivity index (χ3v) is 5.43. The molecule has 2 aliphatic heterocycles. The SMILES string of the molecule is CC1(C)CCCN1C(=O)NCc1ccc(C(=O)N2CCCCC2)cc1. The Bertz CT molecular complexity index is 618. The number of urea groups is 1. The molecule has 2 heterocycles. The zero-order valence-corrected chi connectivity index (χ0v) is 15.4. The molecule has 1 aromatic carbocycles. The first-order chi connectivity index (χ1) is 12.0. The molecule has 0 spiro atoms. The minimum Gasteiger partial charge on any atom is -0.339 e. The van der Waals surface area contributed by atoms with Crippen molar-refractivity contribution in [2.45, 2.75) is 58.0 Å². The number of nitrogens with zero attached hydrogens (tertiary/aromatic N) is 2. The van der Waals surface area contributed by atoms with Crippen molar-refractivity contribution < 1.29 is 9.59 Å². The third kappa shape index (κ3) is 4.14. The summed E-state index contributed by atoms with van der Waals surface area (Å²) in [6.45, 7) is 7.26. The Morgan fingerprint density at radius 2 is 1.68 bits per heavy atom. The maximum Gasteiger partial charge on any atom is 0.318 e. The van der Waals surface area contributed by atoms with Crippen LogP contribution in [0.15, 0.2) is 24.3 Å². The second-order valence-electron chi connectivity index (χ2n) is 7.78. The number of amides is 3. The second kappa shape index (κ2) is 7.46. The first kappa shape index (κ1) is 17.8. The lowest BCUT2D eigenvalue weighted by molar-refractivity contribution is 0.0724. The minimum atomic E-state index is -0.0607. The molecule has 25 heavy (non-hydrogen) atoms. The van der Waals surface area contributed by atoms with Crippen LogP contribution in [0, 0.1) is 0 Å². The normalized spacial score (nSPS) is 19.8. The monoisotopic (exact) mass is 343 g/mol. The third-order valence-electron chi connectivity index (χ3n) is 5.43. The Balaban J connectivity index is 1.54.